The normalized spacial score (nSPS) is 10.7. The smallest absolute Gasteiger partial charge is 0.341 e. The second-order valence-corrected chi connectivity index (χ2v) is 6.44. The number of fused-ring (bicyclic) bond motifs is 1. The van der Waals surface area contributed by atoms with Crippen molar-refractivity contribution in [3.63, 3.8) is 0 Å². The Balaban J connectivity index is 1.75. The van der Waals surface area contributed by atoms with Gasteiger partial charge in [-0.25, -0.2) is 14.2 Å². The highest BCUT2D eigenvalue weighted by Gasteiger charge is 2.28. The summed E-state index contributed by atoms with van der Waals surface area (Å²) in [5.74, 6) is -2.20. The molecule has 0 unspecified atom stereocenters. The second kappa shape index (κ2) is 8.08. The molecule has 4 rings (SSSR count). The van der Waals surface area contributed by atoms with Crippen molar-refractivity contribution >= 4 is 22.8 Å². The van der Waals surface area contributed by atoms with Crippen LogP contribution < -0.4 is 4.73 Å². The third-order valence-corrected chi connectivity index (χ3v) is 4.52. The molecule has 0 spiro atoms. The van der Waals surface area contributed by atoms with E-state index in [1.807, 2.05) is 0 Å². The number of ether oxygens (including phenoxy) is 1. The molecule has 0 saturated carbocycles. The number of para-hydroxylation sites is 2. The number of nitrogens with zero attached hydrogens (tertiary/aromatic N) is 2. The molecule has 0 radical (unpaired) electrons. The van der Waals surface area contributed by atoms with Gasteiger partial charge in [-0.1, -0.05) is 54.6 Å². The molecule has 148 valence electrons. The van der Waals surface area contributed by atoms with Gasteiger partial charge in [0.25, 0.3) is 11.5 Å². The van der Waals surface area contributed by atoms with Gasteiger partial charge in [0.15, 0.2) is 5.69 Å². The van der Waals surface area contributed by atoms with Gasteiger partial charge in [-0.2, -0.15) is 4.73 Å². The summed E-state index contributed by atoms with van der Waals surface area (Å²) in [5, 5.41) is 13.0. The lowest BCUT2D eigenvalue weighted by molar-refractivity contribution is -0.580. The zero-order valence-electron chi connectivity index (χ0n) is 15.6. The van der Waals surface area contributed by atoms with Gasteiger partial charge in [0.1, 0.15) is 17.9 Å². The summed E-state index contributed by atoms with van der Waals surface area (Å²) in [6, 6.07) is 20.2. The molecule has 0 saturated heterocycles. The maximum absolute atomic E-state index is 13.8. The summed E-state index contributed by atoms with van der Waals surface area (Å²) in [4.78, 5) is 29.7. The molecule has 7 heteroatoms. The lowest BCUT2D eigenvalue weighted by atomic mass is 10.1. The Bertz CT molecular complexity index is 1260. The van der Waals surface area contributed by atoms with E-state index in [1.54, 1.807) is 54.6 Å². The first kappa shape index (κ1) is 19.2. The van der Waals surface area contributed by atoms with Gasteiger partial charge in [-0.15, -0.1) is 0 Å². The molecular formula is C23H15FN2O4. The van der Waals surface area contributed by atoms with Crippen LogP contribution in [-0.4, -0.2) is 16.7 Å². The summed E-state index contributed by atoms with van der Waals surface area (Å²) in [6.45, 7) is -0.464. The molecule has 0 fully saturated rings. The predicted octanol–water partition coefficient (Wildman–Crippen LogP) is 3.60. The maximum atomic E-state index is 13.8. The first-order valence-electron chi connectivity index (χ1n) is 9.09. The fourth-order valence-electron chi connectivity index (χ4n) is 3.06. The Labute approximate surface area is 170 Å². The van der Waals surface area contributed by atoms with Gasteiger partial charge in [0, 0.05) is 11.6 Å². The summed E-state index contributed by atoms with van der Waals surface area (Å²) in [7, 11) is 0. The number of hydrogen-bond donors (Lipinski definition) is 0. The van der Waals surface area contributed by atoms with E-state index in [1.165, 1.54) is 18.2 Å². The highest BCUT2D eigenvalue weighted by molar-refractivity contribution is 6.07. The molecule has 6 nitrogen and oxygen atoms in total. The topological polar surface area (TPSA) is 83.2 Å². The Kier molecular flexibility index (Phi) is 5.17. The van der Waals surface area contributed by atoms with E-state index in [4.69, 9.17) is 4.74 Å². The lowest BCUT2D eigenvalue weighted by Crippen LogP contribution is -2.38. The Morgan fingerprint density at radius 2 is 1.60 bits per heavy atom. The van der Waals surface area contributed by atoms with Crippen molar-refractivity contribution in [3.8, 4) is 0 Å². The van der Waals surface area contributed by atoms with Crippen LogP contribution in [0.4, 0.5) is 4.39 Å². The van der Waals surface area contributed by atoms with E-state index in [0.717, 1.165) is 6.07 Å². The highest BCUT2D eigenvalue weighted by Crippen LogP contribution is 2.17. The molecule has 1 aromatic heterocycles. The minimum Gasteiger partial charge on any atom is -0.618 e. The molecule has 1 heterocycles. The van der Waals surface area contributed by atoms with Gasteiger partial charge in [0.2, 0.25) is 5.52 Å². The van der Waals surface area contributed by atoms with Crippen LogP contribution in [-0.2, 0) is 11.3 Å². The Morgan fingerprint density at radius 3 is 2.37 bits per heavy atom. The van der Waals surface area contributed by atoms with Crippen LogP contribution in [0.1, 0.15) is 32.1 Å². The molecule has 0 aliphatic rings. The van der Waals surface area contributed by atoms with Gasteiger partial charge in [-0.3, -0.25) is 4.79 Å². The number of ketones is 1. The molecule has 0 aliphatic carbocycles. The average Bonchev–Trinajstić information content (AvgIpc) is 2.78. The number of halogens is 1. The number of hydrogen-bond acceptors (Lipinski definition) is 5. The molecule has 0 bridgehead atoms. The molecule has 0 amide bonds. The lowest BCUT2D eigenvalue weighted by Gasteiger charge is -2.12. The largest absolute Gasteiger partial charge is 0.618 e. The zero-order chi connectivity index (χ0) is 21.1. The van der Waals surface area contributed by atoms with Gasteiger partial charge in [-0.05, 0) is 18.2 Å². The van der Waals surface area contributed by atoms with Gasteiger partial charge in [0.05, 0.1) is 5.56 Å². The Hall–Kier alpha value is -4.13. The van der Waals surface area contributed by atoms with E-state index >= 15 is 0 Å². The van der Waals surface area contributed by atoms with Crippen molar-refractivity contribution in [2.75, 3.05) is 0 Å². The fraction of sp³-hybridized carbons (Fsp3) is 0.0435. The summed E-state index contributed by atoms with van der Waals surface area (Å²) >= 11 is 0. The summed E-state index contributed by atoms with van der Waals surface area (Å²) < 4.78 is 19.5. The monoisotopic (exact) mass is 402 g/mol. The number of esters is 1. The van der Waals surface area contributed by atoms with Crippen molar-refractivity contribution in [2.45, 2.75) is 6.61 Å². The number of carbonyl (C=O) groups is 2. The van der Waals surface area contributed by atoms with Crippen LogP contribution in [0.15, 0.2) is 78.9 Å². The van der Waals surface area contributed by atoms with Crippen molar-refractivity contribution < 1.29 is 23.4 Å². The zero-order valence-corrected chi connectivity index (χ0v) is 15.6. The molecule has 4 aromatic rings. The number of carbonyl (C=O) groups excluding carboxylic acids is 2. The second-order valence-electron chi connectivity index (χ2n) is 6.44. The first-order valence-corrected chi connectivity index (χ1v) is 9.09. The average molecular weight is 402 g/mol. The van der Waals surface area contributed by atoms with Crippen LogP contribution in [0.25, 0.3) is 11.0 Å². The van der Waals surface area contributed by atoms with E-state index < -0.39 is 24.2 Å². The Morgan fingerprint density at radius 1 is 0.933 bits per heavy atom. The van der Waals surface area contributed by atoms with Crippen molar-refractivity contribution in [1.29, 1.82) is 0 Å². The van der Waals surface area contributed by atoms with E-state index in [9.17, 15) is 19.2 Å². The molecule has 0 atom stereocenters. The minimum absolute atomic E-state index is 0.0118. The quantitative estimate of drug-likeness (QED) is 0.220. The maximum Gasteiger partial charge on any atom is 0.341 e. The van der Waals surface area contributed by atoms with E-state index in [2.05, 4.69) is 4.98 Å². The van der Waals surface area contributed by atoms with Gasteiger partial charge >= 0.3 is 5.97 Å². The van der Waals surface area contributed by atoms with Crippen LogP contribution in [0.5, 0.6) is 0 Å². The third kappa shape index (κ3) is 3.60. The van der Waals surface area contributed by atoms with Crippen LogP contribution in [0, 0.1) is 11.0 Å². The van der Waals surface area contributed by atoms with Crippen LogP contribution in [0.3, 0.4) is 0 Å². The van der Waals surface area contributed by atoms with Crippen molar-refractivity contribution in [3.05, 3.63) is 112 Å². The first-order chi connectivity index (χ1) is 14.6. The fourth-order valence-corrected chi connectivity index (χ4v) is 3.06. The van der Waals surface area contributed by atoms with Crippen LogP contribution in [0.2, 0.25) is 0 Å². The van der Waals surface area contributed by atoms with Crippen molar-refractivity contribution in [1.82, 2.24) is 4.98 Å². The molecule has 30 heavy (non-hydrogen) atoms. The number of aromatic nitrogens is 2. The van der Waals surface area contributed by atoms with Crippen molar-refractivity contribution in [2.24, 2.45) is 0 Å². The standard InChI is InChI=1S/C23H15FN2O4/c24-17-11-5-4-10-16(17)23(28)30-14-19-21(22(27)15-8-2-1-3-9-15)26(29)20-13-7-6-12-18(20)25-19/h1-13H,14H2. The number of benzene rings is 3. The van der Waals surface area contributed by atoms with Crippen LogP contribution >= 0.6 is 0 Å². The number of rotatable bonds is 5. The molecule has 0 N–H and O–H groups in total. The predicted molar refractivity (Wildman–Crippen MR) is 106 cm³/mol. The molecule has 3 aromatic carbocycles. The minimum atomic E-state index is -0.918. The third-order valence-electron chi connectivity index (χ3n) is 4.52. The SMILES string of the molecule is O=C(OCc1nc2ccccc2[n+]([O-])c1C(=O)c1ccccc1)c1ccccc1F. The summed E-state index contributed by atoms with van der Waals surface area (Å²) in [5.41, 5.74) is 0.337. The molecule has 0 aliphatic heterocycles. The van der Waals surface area contributed by atoms with Gasteiger partial charge < -0.3 is 9.94 Å². The van der Waals surface area contributed by atoms with E-state index in [0.29, 0.717) is 15.8 Å². The molecular weight excluding hydrogens is 387 g/mol. The van der Waals surface area contributed by atoms with E-state index in [-0.39, 0.29) is 22.5 Å². The highest BCUT2D eigenvalue weighted by atomic mass is 19.1. The summed E-state index contributed by atoms with van der Waals surface area (Å²) in [6.07, 6.45) is 0.